The fourth-order valence-corrected chi connectivity index (χ4v) is 2.05. The van der Waals surface area contributed by atoms with Gasteiger partial charge in [0.2, 0.25) is 5.88 Å². The lowest BCUT2D eigenvalue weighted by Gasteiger charge is -2.07. The molecule has 0 amide bonds. The highest BCUT2D eigenvalue weighted by Gasteiger charge is 2.02. The lowest BCUT2D eigenvalue weighted by atomic mass is 10.1. The van der Waals surface area contributed by atoms with E-state index in [-0.39, 0.29) is 0 Å². The molecule has 1 heterocycles. The molecule has 2 rings (SSSR count). The fraction of sp³-hybridized carbons (Fsp3) is 0.412. The normalized spacial score (nSPS) is 10.6. The molecule has 1 aromatic heterocycles. The molecular formula is C17H23N3O. The lowest BCUT2D eigenvalue weighted by molar-refractivity contribution is 0.456. The van der Waals surface area contributed by atoms with Crippen LogP contribution in [-0.4, -0.2) is 16.5 Å². The summed E-state index contributed by atoms with van der Waals surface area (Å²) < 4.78 is 5.76. The maximum absolute atomic E-state index is 5.76. The molecule has 0 unspecified atom stereocenters. The summed E-state index contributed by atoms with van der Waals surface area (Å²) in [6.07, 6.45) is 6.76. The van der Waals surface area contributed by atoms with Crippen molar-refractivity contribution in [3.63, 3.8) is 0 Å². The summed E-state index contributed by atoms with van der Waals surface area (Å²) >= 11 is 0. The van der Waals surface area contributed by atoms with Gasteiger partial charge in [-0.25, -0.2) is 4.98 Å². The Kier molecular flexibility index (Phi) is 6.16. The van der Waals surface area contributed by atoms with Gasteiger partial charge in [0.25, 0.3) is 0 Å². The summed E-state index contributed by atoms with van der Waals surface area (Å²) in [7, 11) is 0. The molecule has 0 fully saturated rings. The molecule has 0 radical (unpaired) electrons. The highest BCUT2D eigenvalue weighted by molar-refractivity contribution is 5.30. The van der Waals surface area contributed by atoms with Crippen molar-refractivity contribution in [3.05, 3.63) is 47.9 Å². The van der Waals surface area contributed by atoms with E-state index in [4.69, 9.17) is 4.74 Å². The van der Waals surface area contributed by atoms with Gasteiger partial charge in [0, 0.05) is 12.7 Å². The number of nitrogens with one attached hydrogen (secondary N) is 1. The van der Waals surface area contributed by atoms with Crippen molar-refractivity contribution in [1.29, 1.82) is 0 Å². The number of hydrogen-bond acceptors (Lipinski definition) is 4. The SMILES string of the molecule is CCCNCc1cncc(Oc2ccc(CCC)cc2)n1. The predicted octanol–water partition coefficient (Wildman–Crippen LogP) is 3.72. The molecule has 4 heteroatoms. The second-order valence-electron chi connectivity index (χ2n) is 5.02. The average Bonchev–Trinajstić information content (AvgIpc) is 2.50. The van der Waals surface area contributed by atoms with Crippen molar-refractivity contribution in [3.8, 4) is 11.6 Å². The summed E-state index contributed by atoms with van der Waals surface area (Å²) in [6.45, 7) is 6.01. The number of aryl methyl sites for hydroxylation is 1. The molecule has 0 spiro atoms. The monoisotopic (exact) mass is 285 g/mol. The average molecular weight is 285 g/mol. The third kappa shape index (κ3) is 5.16. The van der Waals surface area contributed by atoms with E-state index in [2.05, 4.69) is 41.3 Å². The Balaban J connectivity index is 1.96. The van der Waals surface area contributed by atoms with Crippen LogP contribution in [0.5, 0.6) is 11.6 Å². The van der Waals surface area contributed by atoms with Crippen molar-refractivity contribution in [2.24, 2.45) is 0 Å². The summed E-state index contributed by atoms with van der Waals surface area (Å²) in [4.78, 5) is 8.63. The molecule has 0 aliphatic rings. The first-order chi connectivity index (χ1) is 10.3. The first-order valence-electron chi connectivity index (χ1n) is 7.60. The van der Waals surface area contributed by atoms with Gasteiger partial charge >= 0.3 is 0 Å². The van der Waals surface area contributed by atoms with Crippen LogP contribution in [0.1, 0.15) is 37.9 Å². The van der Waals surface area contributed by atoms with E-state index in [1.54, 1.807) is 12.4 Å². The Bertz CT molecular complexity index is 540. The van der Waals surface area contributed by atoms with Gasteiger partial charge in [-0.2, -0.15) is 0 Å². The molecule has 112 valence electrons. The molecule has 0 saturated heterocycles. The van der Waals surface area contributed by atoms with E-state index >= 15 is 0 Å². The standard InChI is InChI=1S/C17H23N3O/c1-3-5-14-6-8-16(9-7-14)21-17-13-19-12-15(20-17)11-18-10-4-2/h6-9,12-13,18H,3-5,10-11H2,1-2H3. The van der Waals surface area contributed by atoms with Crippen LogP contribution >= 0.6 is 0 Å². The van der Waals surface area contributed by atoms with E-state index in [0.717, 1.165) is 37.3 Å². The van der Waals surface area contributed by atoms with Crippen LogP contribution in [0.2, 0.25) is 0 Å². The van der Waals surface area contributed by atoms with Crippen LogP contribution in [0.4, 0.5) is 0 Å². The van der Waals surface area contributed by atoms with Gasteiger partial charge < -0.3 is 10.1 Å². The zero-order chi connectivity index (χ0) is 14.9. The highest BCUT2D eigenvalue weighted by Crippen LogP contribution is 2.19. The molecule has 4 nitrogen and oxygen atoms in total. The van der Waals surface area contributed by atoms with E-state index in [9.17, 15) is 0 Å². The fourth-order valence-electron chi connectivity index (χ4n) is 2.05. The highest BCUT2D eigenvalue weighted by atomic mass is 16.5. The minimum Gasteiger partial charge on any atom is -0.437 e. The Morgan fingerprint density at radius 3 is 2.57 bits per heavy atom. The quantitative estimate of drug-likeness (QED) is 0.751. The minimum absolute atomic E-state index is 0.536. The topological polar surface area (TPSA) is 47.0 Å². The van der Waals surface area contributed by atoms with Crippen LogP contribution in [0.3, 0.4) is 0 Å². The van der Waals surface area contributed by atoms with E-state index in [1.165, 1.54) is 5.56 Å². The maximum Gasteiger partial charge on any atom is 0.238 e. The third-order valence-corrected chi connectivity index (χ3v) is 3.08. The van der Waals surface area contributed by atoms with Gasteiger partial charge in [-0.1, -0.05) is 32.4 Å². The van der Waals surface area contributed by atoms with Gasteiger partial charge in [0.1, 0.15) is 5.75 Å². The maximum atomic E-state index is 5.76. The summed E-state index contributed by atoms with van der Waals surface area (Å²) in [5.41, 5.74) is 2.22. The number of hydrogen-bond donors (Lipinski definition) is 1. The van der Waals surface area contributed by atoms with Gasteiger partial charge in [-0.15, -0.1) is 0 Å². The first kappa shape index (κ1) is 15.4. The van der Waals surface area contributed by atoms with E-state index in [0.29, 0.717) is 12.4 Å². The van der Waals surface area contributed by atoms with Crippen molar-refractivity contribution < 1.29 is 4.74 Å². The Hall–Kier alpha value is -1.94. The van der Waals surface area contributed by atoms with Gasteiger partial charge in [-0.3, -0.25) is 4.98 Å². The second kappa shape index (κ2) is 8.37. The number of benzene rings is 1. The molecular weight excluding hydrogens is 262 g/mol. The molecule has 0 bridgehead atoms. The summed E-state index contributed by atoms with van der Waals surface area (Å²) in [6, 6.07) is 8.15. The number of rotatable bonds is 8. The molecule has 0 atom stereocenters. The van der Waals surface area contributed by atoms with Crippen LogP contribution in [0.15, 0.2) is 36.7 Å². The Morgan fingerprint density at radius 1 is 1.05 bits per heavy atom. The number of nitrogens with zero attached hydrogens (tertiary/aromatic N) is 2. The van der Waals surface area contributed by atoms with Gasteiger partial charge in [0.15, 0.2) is 0 Å². The zero-order valence-electron chi connectivity index (χ0n) is 12.8. The predicted molar refractivity (Wildman–Crippen MR) is 84.5 cm³/mol. The number of ether oxygens (including phenoxy) is 1. The molecule has 0 aliphatic heterocycles. The van der Waals surface area contributed by atoms with Crippen LogP contribution in [0.25, 0.3) is 0 Å². The first-order valence-corrected chi connectivity index (χ1v) is 7.60. The summed E-state index contributed by atoms with van der Waals surface area (Å²) in [5.74, 6) is 1.33. The van der Waals surface area contributed by atoms with Gasteiger partial charge in [0.05, 0.1) is 11.9 Å². The van der Waals surface area contributed by atoms with Crippen LogP contribution < -0.4 is 10.1 Å². The number of aromatic nitrogens is 2. The van der Waals surface area contributed by atoms with E-state index < -0.39 is 0 Å². The molecule has 1 N–H and O–H groups in total. The molecule has 2 aromatic rings. The lowest BCUT2D eigenvalue weighted by Crippen LogP contribution is -2.15. The molecule has 21 heavy (non-hydrogen) atoms. The van der Waals surface area contributed by atoms with Crippen LogP contribution in [0, 0.1) is 0 Å². The van der Waals surface area contributed by atoms with Crippen LogP contribution in [-0.2, 0) is 13.0 Å². The van der Waals surface area contributed by atoms with Gasteiger partial charge in [-0.05, 0) is 37.1 Å². The summed E-state index contributed by atoms with van der Waals surface area (Å²) in [5, 5.41) is 3.31. The molecule has 1 aromatic carbocycles. The van der Waals surface area contributed by atoms with E-state index in [1.807, 2.05) is 12.1 Å². The van der Waals surface area contributed by atoms with Crippen molar-refractivity contribution in [2.75, 3.05) is 6.54 Å². The molecule has 0 aliphatic carbocycles. The van der Waals surface area contributed by atoms with Crippen molar-refractivity contribution in [2.45, 2.75) is 39.7 Å². The van der Waals surface area contributed by atoms with Crippen molar-refractivity contribution >= 4 is 0 Å². The third-order valence-electron chi connectivity index (χ3n) is 3.08. The zero-order valence-corrected chi connectivity index (χ0v) is 12.8. The smallest absolute Gasteiger partial charge is 0.238 e. The minimum atomic E-state index is 0.536. The second-order valence-corrected chi connectivity index (χ2v) is 5.02. The largest absolute Gasteiger partial charge is 0.437 e. The molecule has 0 saturated carbocycles. The Labute approximate surface area is 126 Å². The Morgan fingerprint density at radius 2 is 1.86 bits per heavy atom. The van der Waals surface area contributed by atoms with Crippen molar-refractivity contribution in [1.82, 2.24) is 15.3 Å².